The van der Waals surface area contributed by atoms with Crippen molar-refractivity contribution in [1.82, 2.24) is 0 Å². The SMILES string of the molecule is FC(F)(F)c1cccc(CNc2ccc3c(c2)COC3)c1. The van der Waals surface area contributed by atoms with E-state index in [2.05, 4.69) is 5.32 Å². The van der Waals surface area contributed by atoms with E-state index in [0.717, 1.165) is 17.3 Å². The second-order valence-electron chi connectivity index (χ2n) is 5.03. The number of nitrogens with one attached hydrogen (secondary N) is 1. The molecule has 21 heavy (non-hydrogen) atoms. The van der Waals surface area contributed by atoms with Crippen LogP contribution in [0, 0.1) is 0 Å². The van der Waals surface area contributed by atoms with E-state index in [4.69, 9.17) is 4.74 Å². The van der Waals surface area contributed by atoms with Crippen molar-refractivity contribution in [2.24, 2.45) is 0 Å². The maximum absolute atomic E-state index is 12.6. The van der Waals surface area contributed by atoms with E-state index in [0.29, 0.717) is 25.3 Å². The van der Waals surface area contributed by atoms with Gasteiger partial charge in [0, 0.05) is 12.2 Å². The van der Waals surface area contributed by atoms with Crippen molar-refractivity contribution in [2.45, 2.75) is 25.9 Å². The van der Waals surface area contributed by atoms with Crippen molar-refractivity contribution < 1.29 is 17.9 Å². The fourth-order valence-electron chi connectivity index (χ4n) is 2.34. The molecule has 1 N–H and O–H groups in total. The van der Waals surface area contributed by atoms with E-state index >= 15 is 0 Å². The lowest BCUT2D eigenvalue weighted by atomic mass is 10.1. The van der Waals surface area contributed by atoms with Crippen LogP contribution >= 0.6 is 0 Å². The highest BCUT2D eigenvalue weighted by atomic mass is 19.4. The van der Waals surface area contributed by atoms with Gasteiger partial charge >= 0.3 is 6.18 Å². The quantitative estimate of drug-likeness (QED) is 0.908. The van der Waals surface area contributed by atoms with Gasteiger partial charge < -0.3 is 10.1 Å². The molecule has 0 bridgehead atoms. The average Bonchev–Trinajstić information content (AvgIpc) is 2.92. The lowest BCUT2D eigenvalue weighted by molar-refractivity contribution is -0.137. The Morgan fingerprint density at radius 2 is 1.81 bits per heavy atom. The van der Waals surface area contributed by atoms with Gasteiger partial charge in [-0.3, -0.25) is 0 Å². The van der Waals surface area contributed by atoms with Gasteiger partial charge in [-0.25, -0.2) is 0 Å². The van der Waals surface area contributed by atoms with E-state index in [1.54, 1.807) is 6.07 Å². The molecule has 0 unspecified atom stereocenters. The van der Waals surface area contributed by atoms with Gasteiger partial charge in [0.15, 0.2) is 0 Å². The average molecular weight is 293 g/mol. The molecule has 2 aromatic rings. The van der Waals surface area contributed by atoms with Gasteiger partial charge in [0.25, 0.3) is 0 Å². The molecule has 0 radical (unpaired) electrons. The van der Waals surface area contributed by atoms with Crippen LogP contribution in [-0.2, 0) is 30.7 Å². The molecular formula is C16H14F3NO. The van der Waals surface area contributed by atoms with Crippen molar-refractivity contribution in [3.8, 4) is 0 Å². The summed E-state index contributed by atoms with van der Waals surface area (Å²) in [6, 6.07) is 11.2. The number of rotatable bonds is 3. The van der Waals surface area contributed by atoms with Gasteiger partial charge in [0.2, 0.25) is 0 Å². The van der Waals surface area contributed by atoms with E-state index in [9.17, 15) is 13.2 Å². The molecule has 1 aliphatic rings. The standard InChI is InChI=1S/C16H14F3NO/c17-16(18,19)14-3-1-2-11(6-14)8-20-15-5-4-12-9-21-10-13(12)7-15/h1-7,20H,8-10H2. The molecule has 0 atom stereocenters. The zero-order valence-electron chi connectivity index (χ0n) is 11.2. The van der Waals surface area contributed by atoms with Crippen LogP contribution in [0.5, 0.6) is 0 Å². The fourth-order valence-corrected chi connectivity index (χ4v) is 2.34. The molecule has 3 rings (SSSR count). The smallest absolute Gasteiger partial charge is 0.381 e. The zero-order chi connectivity index (χ0) is 14.9. The topological polar surface area (TPSA) is 21.3 Å². The molecule has 2 aromatic carbocycles. The highest BCUT2D eigenvalue weighted by Gasteiger charge is 2.30. The first-order valence-corrected chi connectivity index (χ1v) is 6.62. The summed E-state index contributed by atoms with van der Waals surface area (Å²) < 4.78 is 43.3. The minimum atomic E-state index is -4.30. The third kappa shape index (κ3) is 3.19. The lowest BCUT2D eigenvalue weighted by Crippen LogP contribution is -2.07. The minimum absolute atomic E-state index is 0.351. The molecule has 0 spiro atoms. The molecule has 1 heterocycles. The minimum Gasteiger partial charge on any atom is -0.381 e. The first kappa shape index (κ1) is 13.9. The number of halogens is 3. The molecule has 0 saturated heterocycles. The Bertz CT molecular complexity index is 652. The summed E-state index contributed by atoms with van der Waals surface area (Å²) >= 11 is 0. The summed E-state index contributed by atoms with van der Waals surface area (Å²) in [5.41, 5.74) is 3.16. The Morgan fingerprint density at radius 1 is 1.00 bits per heavy atom. The van der Waals surface area contributed by atoms with Gasteiger partial charge in [0.05, 0.1) is 18.8 Å². The largest absolute Gasteiger partial charge is 0.416 e. The third-order valence-corrected chi connectivity index (χ3v) is 3.47. The van der Waals surface area contributed by atoms with Gasteiger partial charge in [-0.1, -0.05) is 18.2 Å². The maximum atomic E-state index is 12.6. The van der Waals surface area contributed by atoms with Gasteiger partial charge in [0.1, 0.15) is 0 Å². The predicted molar refractivity (Wildman–Crippen MR) is 73.7 cm³/mol. The predicted octanol–water partition coefficient (Wildman–Crippen LogP) is 4.35. The molecule has 5 heteroatoms. The number of fused-ring (bicyclic) bond motifs is 1. The van der Waals surface area contributed by atoms with Gasteiger partial charge in [-0.2, -0.15) is 13.2 Å². The summed E-state index contributed by atoms with van der Waals surface area (Å²) in [6.07, 6.45) is -4.30. The normalized spacial score (nSPS) is 14.0. The summed E-state index contributed by atoms with van der Waals surface area (Å²) in [5.74, 6) is 0. The Hall–Kier alpha value is -2.01. The molecule has 0 aromatic heterocycles. The summed E-state index contributed by atoms with van der Waals surface area (Å²) in [5, 5.41) is 3.15. The fraction of sp³-hybridized carbons (Fsp3) is 0.250. The summed E-state index contributed by atoms with van der Waals surface area (Å²) in [7, 11) is 0. The Morgan fingerprint density at radius 3 is 2.62 bits per heavy atom. The van der Waals surface area contributed by atoms with Crippen molar-refractivity contribution >= 4 is 5.69 Å². The Kier molecular flexibility index (Phi) is 3.59. The van der Waals surface area contributed by atoms with E-state index in [1.807, 2.05) is 18.2 Å². The monoisotopic (exact) mass is 293 g/mol. The number of alkyl halides is 3. The van der Waals surface area contributed by atoms with Crippen LogP contribution in [0.2, 0.25) is 0 Å². The lowest BCUT2D eigenvalue weighted by Gasteiger charge is -2.11. The van der Waals surface area contributed by atoms with Crippen LogP contribution in [0.25, 0.3) is 0 Å². The molecule has 0 saturated carbocycles. The van der Waals surface area contributed by atoms with Gasteiger partial charge in [-0.05, 0) is 41.0 Å². The molecular weight excluding hydrogens is 279 g/mol. The van der Waals surface area contributed by atoms with Crippen LogP contribution in [0.4, 0.5) is 18.9 Å². The zero-order valence-corrected chi connectivity index (χ0v) is 11.2. The van der Waals surface area contributed by atoms with Crippen LogP contribution in [0.3, 0.4) is 0 Å². The van der Waals surface area contributed by atoms with E-state index in [-0.39, 0.29) is 0 Å². The van der Waals surface area contributed by atoms with Crippen molar-refractivity contribution in [2.75, 3.05) is 5.32 Å². The highest BCUT2D eigenvalue weighted by molar-refractivity contribution is 5.49. The summed E-state index contributed by atoms with van der Waals surface area (Å²) in [4.78, 5) is 0. The molecule has 0 fully saturated rings. The Balaban J connectivity index is 1.70. The van der Waals surface area contributed by atoms with Crippen molar-refractivity contribution in [1.29, 1.82) is 0 Å². The molecule has 2 nitrogen and oxygen atoms in total. The maximum Gasteiger partial charge on any atom is 0.416 e. The Labute approximate surface area is 120 Å². The van der Waals surface area contributed by atoms with Crippen molar-refractivity contribution in [3.05, 3.63) is 64.7 Å². The van der Waals surface area contributed by atoms with Gasteiger partial charge in [-0.15, -0.1) is 0 Å². The third-order valence-electron chi connectivity index (χ3n) is 3.47. The number of ether oxygens (including phenoxy) is 1. The molecule has 110 valence electrons. The first-order valence-electron chi connectivity index (χ1n) is 6.62. The second-order valence-corrected chi connectivity index (χ2v) is 5.03. The molecule has 0 amide bonds. The van der Waals surface area contributed by atoms with Crippen LogP contribution in [-0.4, -0.2) is 0 Å². The number of benzene rings is 2. The van der Waals surface area contributed by atoms with Crippen molar-refractivity contribution in [3.63, 3.8) is 0 Å². The number of anilines is 1. The summed E-state index contributed by atoms with van der Waals surface area (Å²) in [6.45, 7) is 1.57. The van der Waals surface area contributed by atoms with Crippen LogP contribution < -0.4 is 5.32 Å². The van der Waals surface area contributed by atoms with E-state index < -0.39 is 11.7 Å². The second kappa shape index (κ2) is 5.41. The van der Waals surface area contributed by atoms with Crippen LogP contribution in [0.15, 0.2) is 42.5 Å². The number of hydrogen-bond acceptors (Lipinski definition) is 2. The van der Waals surface area contributed by atoms with E-state index in [1.165, 1.54) is 17.7 Å². The highest BCUT2D eigenvalue weighted by Crippen LogP contribution is 2.30. The number of hydrogen-bond donors (Lipinski definition) is 1. The van der Waals surface area contributed by atoms with Crippen LogP contribution in [0.1, 0.15) is 22.3 Å². The molecule has 1 aliphatic heterocycles. The first-order chi connectivity index (χ1) is 10.0. The molecule has 0 aliphatic carbocycles.